The van der Waals surface area contributed by atoms with Crippen molar-refractivity contribution >= 4 is 15.9 Å². The van der Waals surface area contributed by atoms with E-state index in [4.69, 9.17) is 0 Å². The van der Waals surface area contributed by atoms with Crippen molar-refractivity contribution in [2.24, 2.45) is 5.41 Å². The molecule has 3 fully saturated rings. The molecule has 0 radical (unpaired) electrons. The summed E-state index contributed by atoms with van der Waals surface area (Å²) in [6.45, 7) is 5.79. The standard InChI is InChI=1S/C20H28N2O3S/c1-15-4-7-18(12-16(15)2)26(24,25)21-11-3-9-20(13-21)10-8-19(23)22(14-20)17-5-6-17/h4,7,12,17H,3,5-6,8-11,13-14H2,1-2H3/t20-/m1/s1. The summed E-state index contributed by atoms with van der Waals surface area (Å²) in [5, 5.41) is 0. The molecular weight excluding hydrogens is 348 g/mol. The third-order valence-corrected chi connectivity index (χ3v) is 8.27. The fourth-order valence-electron chi connectivity index (χ4n) is 4.49. The van der Waals surface area contributed by atoms with E-state index in [1.807, 2.05) is 24.8 Å². The lowest BCUT2D eigenvalue weighted by molar-refractivity contribution is -0.139. The first-order chi connectivity index (χ1) is 12.3. The first-order valence-electron chi connectivity index (χ1n) is 9.68. The van der Waals surface area contributed by atoms with Crippen molar-refractivity contribution in [3.8, 4) is 0 Å². The van der Waals surface area contributed by atoms with Gasteiger partial charge in [-0.3, -0.25) is 4.79 Å². The molecule has 0 bridgehead atoms. The lowest BCUT2D eigenvalue weighted by Gasteiger charge is -2.48. The number of amides is 1. The van der Waals surface area contributed by atoms with E-state index in [0.29, 0.717) is 30.4 Å². The molecule has 1 spiro atoms. The topological polar surface area (TPSA) is 57.7 Å². The molecule has 3 aliphatic rings. The number of benzene rings is 1. The number of carbonyl (C=O) groups excluding carboxylic acids is 1. The van der Waals surface area contributed by atoms with Gasteiger partial charge in [0.1, 0.15) is 0 Å². The van der Waals surface area contributed by atoms with Crippen molar-refractivity contribution in [3.63, 3.8) is 0 Å². The van der Waals surface area contributed by atoms with E-state index in [2.05, 4.69) is 0 Å². The maximum Gasteiger partial charge on any atom is 0.243 e. The highest BCUT2D eigenvalue weighted by Gasteiger charge is 2.47. The number of rotatable bonds is 3. The maximum absolute atomic E-state index is 13.2. The monoisotopic (exact) mass is 376 g/mol. The van der Waals surface area contributed by atoms with Crippen LogP contribution in [0.1, 0.15) is 49.7 Å². The summed E-state index contributed by atoms with van der Waals surface area (Å²) in [7, 11) is -3.48. The summed E-state index contributed by atoms with van der Waals surface area (Å²) in [4.78, 5) is 14.7. The van der Waals surface area contributed by atoms with Crippen molar-refractivity contribution in [1.29, 1.82) is 0 Å². The minimum Gasteiger partial charge on any atom is -0.339 e. The Kier molecular flexibility index (Phi) is 4.39. The highest BCUT2D eigenvalue weighted by molar-refractivity contribution is 7.89. The fourth-order valence-corrected chi connectivity index (χ4v) is 6.16. The van der Waals surface area contributed by atoms with Crippen LogP contribution in [0.3, 0.4) is 0 Å². The third-order valence-electron chi connectivity index (χ3n) is 6.43. The Morgan fingerprint density at radius 2 is 1.85 bits per heavy atom. The number of likely N-dealkylation sites (tertiary alicyclic amines) is 1. The highest BCUT2D eigenvalue weighted by atomic mass is 32.2. The SMILES string of the molecule is Cc1ccc(S(=O)(=O)N2CCC[C@@]3(CCC(=O)N(C4CC4)C3)C2)cc1C. The largest absolute Gasteiger partial charge is 0.339 e. The Labute approximate surface area is 156 Å². The first kappa shape index (κ1) is 18.0. The van der Waals surface area contributed by atoms with E-state index < -0.39 is 10.0 Å². The van der Waals surface area contributed by atoms with Crippen molar-refractivity contribution in [1.82, 2.24) is 9.21 Å². The fraction of sp³-hybridized carbons (Fsp3) is 0.650. The second-order valence-electron chi connectivity index (χ2n) is 8.44. The van der Waals surface area contributed by atoms with Gasteiger partial charge in [-0.1, -0.05) is 6.07 Å². The van der Waals surface area contributed by atoms with Crippen LogP contribution in [-0.4, -0.2) is 49.2 Å². The molecule has 0 unspecified atom stereocenters. The molecule has 2 saturated heterocycles. The molecule has 5 nitrogen and oxygen atoms in total. The number of hydrogen-bond donors (Lipinski definition) is 0. The van der Waals surface area contributed by atoms with Gasteiger partial charge < -0.3 is 4.90 Å². The molecule has 0 aromatic heterocycles. The number of hydrogen-bond acceptors (Lipinski definition) is 3. The summed E-state index contributed by atoms with van der Waals surface area (Å²) < 4.78 is 28.1. The summed E-state index contributed by atoms with van der Waals surface area (Å²) >= 11 is 0. The van der Waals surface area contributed by atoms with E-state index in [0.717, 1.165) is 49.8 Å². The summed E-state index contributed by atoms with van der Waals surface area (Å²) in [5.41, 5.74) is 2.03. The first-order valence-corrected chi connectivity index (χ1v) is 11.1. The second-order valence-corrected chi connectivity index (χ2v) is 10.4. The van der Waals surface area contributed by atoms with Gasteiger partial charge in [-0.2, -0.15) is 4.31 Å². The Morgan fingerprint density at radius 3 is 2.54 bits per heavy atom. The highest BCUT2D eigenvalue weighted by Crippen LogP contribution is 2.43. The van der Waals surface area contributed by atoms with Crippen LogP contribution in [0.2, 0.25) is 0 Å². The molecule has 2 aliphatic heterocycles. The molecule has 1 aromatic rings. The molecule has 1 saturated carbocycles. The molecule has 1 aromatic carbocycles. The van der Waals surface area contributed by atoms with Crippen molar-refractivity contribution in [3.05, 3.63) is 29.3 Å². The van der Waals surface area contributed by atoms with E-state index in [9.17, 15) is 13.2 Å². The van der Waals surface area contributed by atoms with Crippen LogP contribution >= 0.6 is 0 Å². The number of carbonyl (C=O) groups is 1. The van der Waals surface area contributed by atoms with E-state index in [1.165, 1.54) is 0 Å². The number of piperidine rings is 2. The second kappa shape index (κ2) is 6.34. The normalized spacial score (nSPS) is 27.9. The summed E-state index contributed by atoms with van der Waals surface area (Å²) in [6, 6.07) is 5.80. The lowest BCUT2D eigenvalue weighted by atomic mass is 9.74. The Morgan fingerprint density at radius 1 is 1.08 bits per heavy atom. The Bertz CT molecular complexity index is 831. The molecule has 26 heavy (non-hydrogen) atoms. The van der Waals surface area contributed by atoms with Gasteiger partial charge in [-0.25, -0.2) is 8.42 Å². The van der Waals surface area contributed by atoms with Crippen LogP contribution in [0.25, 0.3) is 0 Å². The van der Waals surface area contributed by atoms with Crippen LogP contribution in [0.15, 0.2) is 23.1 Å². The minimum atomic E-state index is -3.48. The van der Waals surface area contributed by atoms with Gasteiger partial charge in [0.05, 0.1) is 4.90 Å². The molecule has 1 atom stereocenters. The quantitative estimate of drug-likeness (QED) is 0.815. The molecule has 1 aliphatic carbocycles. The van der Waals surface area contributed by atoms with Gasteiger partial charge in [-0.05, 0) is 69.2 Å². The van der Waals surface area contributed by atoms with Gasteiger partial charge in [0.2, 0.25) is 15.9 Å². The molecule has 2 heterocycles. The van der Waals surface area contributed by atoms with Crippen LogP contribution in [-0.2, 0) is 14.8 Å². The number of sulfonamides is 1. The zero-order valence-electron chi connectivity index (χ0n) is 15.7. The zero-order chi connectivity index (χ0) is 18.5. The van der Waals surface area contributed by atoms with Gasteiger partial charge in [0.25, 0.3) is 0 Å². The number of aryl methyl sites for hydroxylation is 2. The average Bonchev–Trinajstić information content (AvgIpc) is 3.45. The van der Waals surface area contributed by atoms with E-state index in [-0.39, 0.29) is 11.3 Å². The maximum atomic E-state index is 13.2. The van der Waals surface area contributed by atoms with Crippen molar-refractivity contribution in [2.45, 2.75) is 63.3 Å². The van der Waals surface area contributed by atoms with Crippen LogP contribution in [0.4, 0.5) is 0 Å². The molecule has 6 heteroatoms. The molecule has 0 N–H and O–H groups in total. The Hall–Kier alpha value is -1.40. The van der Waals surface area contributed by atoms with Crippen molar-refractivity contribution in [2.75, 3.05) is 19.6 Å². The van der Waals surface area contributed by atoms with Crippen LogP contribution in [0.5, 0.6) is 0 Å². The Balaban J connectivity index is 1.57. The predicted octanol–water partition coefficient (Wildman–Crippen LogP) is 2.86. The summed E-state index contributed by atoms with van der Waals surface area (Å²) in [5.74, 6) is 0.257. The van der Waals surface area contributed by atoms with Crippen molar-refractivity contribution < 1.29 is 13.2 Å². The zero-order valence-corrected chi connectivity index (χ0v) is 16.5. The number of nitrogens with zero attached hydrogens (tertiary/aromatic N) is 2. The molecule has 4 rings (SSSR count). The van der Waals surface area contributed by atoms with Gasteiger partial charge in [-0.15, -0.1) is 0 Å². The predicted molar refractivity (Wildman–Crippen MR) is 100 cm³/mol. The smallest absolute Gasteiger partial charge is 0.243 e. The minimum absolute atomic E-state index is 0.0679. The molecule has 1 amide bonds. The van der Waals surface area contributed by atoms with Crippen LogP contribution < -0.4 is 0 Å². The molecular formula is C20H28N2O3S. The van der Waals surface area contributed by atoms with E-state index in [1.54, 1.807) is 16.4 Å². The third kappa shape index (κ3) is 3.18. The molecule has 142 valence electrons. The average molecular weight is 377 g/mol. The van der Waals surface area contributed by atoms with Gasteiger partial charge >= 0.3 is 0 Å². The van der Waals surface area contributed by atoms with E-state index >= 15 is 0 Å². The summed E-state index contributed by atoms with van der Waals surface area (Å²) in [6.07, 6.45) is 5.47. The lowest BCUT2D eigenvalue weighted by Crippen LogP contribution is -2.55. The van der Waals surface area contributed by atoms with Gasteiger partial charge in [0, 0.05) is 37.5 Å². The van der Waals surface area contributed by atoms with Crippen LogP contribution in [0, 0.1) is 19.3 Å². The van der Waals surface area contributed by atoms with Gasteiger partial charge in [0.15, 0.2) is 0 Å².